The second-order valence-corrected chi connectivity index (χ2v) is 9.92. The Kier molecular flexibility index (Phi) is 4.59. The van der Waals surface area contributed by atoms with E-state index >= 15 is 0 Å². The lowest BCUT2D eigenvalue weighted by molar-refractivity contribution is 1.43. The standard InChI is InChI=1S/C37H23N/c1-2-12-27-24(10-1)11-9-18-28(27)25-20-22-26(23-21-25)37-36-32-16-6-4-14-30(32)29-13-3-5-15-31(29)35(36)33-17-7-8-19-34(33)38-37/h1-23H. The van der Waals surface area contributed by atoms with E-state index < -0.39 is 0 Å². The fraction of sp³-hybridized carbons (Fsp3) is 0. The maximum atomic E-state index is 5.28. The van der Waals surface area contributed by atoms with Crippen molar-refractivity contribution in [3.63, 3.8) is 0 Å². The molecule has 8 rings (SSSR count). The highest BCUT2D eigenvalue weighted by atomic mass is 14.7. The molecule has 0 spiro atoms. The first kappa shape index (κ1) is 21.1. The Bertz CT molecular complexity index is 2170. The molecule has 1 aromatic heterocycles. The Morgan fingerprint density at radius 3 is 1.61 bits per heavy atom. The van der Waals surface area contributed by atoms with Crippen LogP contribution in [0.3, 0.4) is 0 Å². The summed E-state index contributed by atoms with van der Waals surface area (Å²) < 4.78 is 0. The van der Waals surface area contributed by atoms with Crippen LogP contribution in [0.4, 0.5) is 0 Å². The molecule has 176 valence electrons. The number of para-hydroxylation sites is 1. The van der Waals surface area contributed by atoms with Gasteiger partial charge < -0.3 is 0 Å². The molecule has 7 aromatic carbocycles. The molecule has 0 saturated heterocycles. The second kappa shape index (κ2) is 8.26. The summed E-state index contributed by atoms with van der Waals surface area (Å²) in [4.78, 5) is 5.28. The van der Waals surface area contributed by atoms with Gasteiger partial charge in [0.15, 0.2) is 0 Å². The molecule has 0 radical (unpaired) electrons. The molecule has 8 aromatic rings. The maximum absolute atomic E-state index is 5.28. The Hall–Kier alpha value is -5.01. The van der Waals surface area contributed by atoms with Crippen molar-refractivity contribution in [3.05, 3.63) is 140 Å². The Labute approximate surface area is 220 Å². The van der Waals surface area contributed by atoms with Crippen molar-refractivity contribution in [1.29, 1.82) is 0 Å². The average Bonchev–Trinajstić information content (AvgIpc) is 3.00. The van der Waals surface area contributed by atoms with Crippen LogP contribution in [-0.2, 0) is 0 Å². The van der Waals surface area contributed by atoms with Crippen LogP contribution in [0.5, 0.6) is 0 Å². The first-order chi connectivity index (χ1) is 18.9. The Morgan fingerprint density at radius 2 is 0.868 bits per heavy atom. The highest BCUT2D eigenvalue weighted by Crippen LogP contribution is 2.43. The molecule has 0 fully saturated rings. The quantitative estimate of drug-likeness (QED) is 0.224. The van der Waals surface area contributed by atoms with Gasteiger partial charge in [-0.3, -0.25) is 0 Å². The molecule has 0 N–H and O–H groups in total. The van der Waals surface area contributed by atoms with Gasteiger partial charge in [0.2, 0.25) is 0 Å². The number of aromatic nitrogens is 1. The monoisotopic (exact) mass is 481 g/mol. The van der Waals surface area contributed by atoms with Gasteiger partial charge in [0.1, 0.15) is 0 Å². The highest BCUT2D eigenvalue weighted by Gasteiger charge is 2.17. The largest absolute Gasteiger partial charge is 0.247 e. The van der Waals surface area contributed by atoms with E-state index in [1.807, 2.05) is 0 Å². The molecular formula is C37H23N. The number of nitrogens with zero attached hydrogens (tertiary/aromatic N) is 1. The summed E-state index contributed by atoms with van der Waals surface area (Å²) in [6, 6.07) is 50.1. The lowest BCUT2D eigenvalue weighted by Gasteiger charge is -2.16. The number of rotatable bonds is 2. The Balaban J connectivity index is 1.45. The molecule has 0 saturated carbocycles. The molecule has 0 unspecified atom stereocenters. The first-order valence-electron chi connectivity index (χ1n) is 13.1. The first-order valence-corrected chi connectivity index (χ1v) is 13.1. The van der Waals surface area contributed by atoms with Crippen LogP contribution in [-0.4, -0.2) is 4.98 Å². The zero-order valence-corrected chi connectivity index (χ0v) is 20.7. The van der Waals surface area contributed by atoms with Gasteiger partial charge in [0.25, 0.3) is 0 Å². The number of hydrogen-bond acceptors (Lipinski definition) is 1. The third-order valence-electron chi connectivity index (χ3n) is 7.83. The summed E-state index contributed by atoms with van der Waals surface area (Å²) in [6.07, 6.45) is 0. The average molecular weight is 482 g/mol. The van der Waals surface area contributed by atoms with Crippen LogP contribution in [0.15, 0.2) is 140 Å². The van der Waals surface area contributed by atoms with Gasteiger partial charge >= 0.3 is 0 Å². The van der Waals surface area contributed by atoms with E-state index in [4.69, 9.17) is 4.98 Å². The van der Waals surface area contributed by atoms with E-state index in [1.165, 1.54) is 59.6 Å². The maximum Gasteiger partial charge on any atom is 0.0794 e. The van der Waals surface area contributed by atoms with Gasteiger partial charge in [-0.2, -0.15) is 0 Å². The van der Waals surface area contributed by atoms with Crippen molar-refractivity contribution in [2.24, 2.45) is 0 Å². The number of hydrogen-bond donors (Lipinski definition) is 0. The smallest absolute Gasteiger partial charge is 0.0794 e. The molecule has 0 amide bonds. The minimum Gasteiger partial charge on any atom is -0.247 e. The van der Waals surface area contributed by atoms with E-state index in [9.17, 15) is 0 Å². The van der Waals surface area contributed by atoms with Crippen LogP contribution in [0.2, 0.25) is 0 Å². The minimum absolute atomic E-state index is 1.02. The van der Waals surface area contributed by atoms with Crippen molar-refractivity contribution in [2.45, 2.75) is 0 Å². The van der Waals surface area contributed by atoms with Crippen LogP contribution in [0, 0.1) is 0 Å². The van der Waals surface area contributed by atoms with Crippen molar-refractivity contribution < 1.29 is 0 Å². The molecule has 1 heteroatoms. The summed E-state index contributed by atoms with van der Waals surface area (Å²) in [5.41, 5.74) is 5.65. The fourth-order valence-corrected chi connectivity index (χ4v) is 6.12. The predicted octanol–water partition coefficient (Wildman–Crippen LogP) is 10.2. The molecule has 0 aliphatic rings. The number of fused-ring (bicyclic) bond motifs is 9. The molecule has 1 nitrogen and oxygen atoms in total. The summed E-state index contributed by atoms with van der Waals surface area (Å²) >= 11 is 0. The molecule has 0 atom stereocenters. The van der Waals surface area contributed by atoms with Crippen molar-refractivity contribution in [3.8, 4) is 22.4 Å². The van der Waals surface area contributed by atoms with Crippen molar-refractivity contribution in [1.82, 2.24) is 4.98 Å². The molecule has 0 bridgehead atoms. The lowest BCUT2D eigenvalue weighted by atomic mass is 9.89. The summed E-state index contributed by atoms with van der Waals surface area (Å²) in [5.74, 6) is 0. The highest BCUT2D eigenvalue weighted by molar-refractivity contribution is 6.33. The fourth-order valence-electron chi connectivity index (χ4n) is 6.12. The Morgan fingerprint density at radius 1 is 0.342 bits per heavy atom. The summed E-state index contributed by atoms with van der Waals surface area (Å²) in [6.45, 7) is 0. The van der Waals surface area contributed by atoms with Gasteiger partial charge in [-0.1, -0.05) is 133 Å². The van der Waals surface area contributed by atoms with Crippen LogP contribution in [0.1, 0.15) is 0 Å². The number of benzene rings is 7. The molecule has 1 heterocycles. The molecule has 0 aliphatic heterocycles. The normalized spacial score (nSPS) is 11.7. The van der Waals surface area contributed by atoms with Gasteiger partial charge in [-0.05, 0) is 49.5 Å². The lowest BCUT2D eigenvalue weighted by Crippen LogP contribution is -1.93. The van der Waals surface area contributed by atoms with Crippen LogP contribution < -0.4 is 0 Å². The van der Waals surface area contributed by atoms with E-state index in [-0.39, 0.29) is 0 Å². The van der Waals surface area contributed by atoms with Crippen molar-refractivity contribution in [2.75, 3.05) is 0 Å². The second-order valence-electron chi connectivity index (χ2n) is 9.92. The summed E-state index contributed by atoms with van der Waals surface area (Å²) in [5, 5.41) is 11.3. The zero-order valence-electron chi connectivity index (χ0n) is 20.7. The predicted molar refractivity (Wildman–Crippen MR) is 163 cm³/mol. The minimum atomic E-state index is 1.02. The van der Waals surface area contributed by atoms with E-state index in [0.717, 1.165) is 16.8 Å². The van der Waals surface area contributed by atoms with Gasteiger partial charge in [0, 0.05) is 21.7 Å². The van der Waals surface area contributed by atoms with Gasteiger partial charge in [0.05, 0.1) is 11.2 Å². The van der Waals surface area contributed by atoms with Crippen molar-refractivity contribution >= 4 is 54.0 Å². The van der Waals surface area contributed by atoms with Crippen LogP contribution in [0.25, 0.3) is 76.4 Å². The summed E-state index contributed by atoms with van der Waals surface area (Å²) in [7, 11) is 0. The van der Waals surface area contributed by atoms with E-state index in [0.29, 0.717) is 0 Å². The van der Waals surface area contributed by atoms with E-state index in [1.54, 1.807) is 0 Å². The third-order valence-corrected chi connectivity index (χ3v) is 7.83. The van der Waals surface area contributed by atoms with E-state index in [2.05, 4.69) is 140 Å². The van der Waals surface area contributed by atoms with Gasteiger partial charge in [-0.25, -0.2) is 4.98 Å². The van der Waals surface area contributed by atoms with Gasteiger partial charge in [-0.15, -0.1) is 0 Å². The number of pyridine rings is 1. The third kappa shape index (κ3) is 3.09. The topological polar surface area (TPSA) is 12.9 Å². The zero-order chi connectivity index (χ0) is 25.1. The van der Waals surface area contributed by atoms with Crippen LogP contribution >= 0.6 is 0 Å². The molecular weight excluding hydrogens is 458 g/mol. The SMILES string of the molecule is c1ccc2c(-c3ccc(-c4nc5ccccc5c5c6ccccc6c6ccccc6c45)cc3)cccc2c1. The molecule has 38 heavy (non-hydrogen) atoms. The molecule has 0 aliphatic carbocycles.